The largest absolute Gasteiger partial charge is 0.344 e. The first kappa shape index (κ1) is 11.3. The van der Waals surface area contributed by atoms with E-state index in [2.05, 4.69) is 10.3 Å². The summed E-state index contributed by atoms with van der Waals surface area (Å²) < 4.78 is 0. The molecule has 1 atom stereocenters. The summed E-state index contributed by atoms with van der Waals surface area (Å²) in [7, 11) is 0. The van der Waals surface area contributed by atoms with E-state index < -0.39 is 0 Å². The summed E-state index contributed by atoms with van der Waals surface area (Å²) in [4.78, 5) is 15.6. The van der Waals surface area contributed by atoms with Crippen LogP contribution in [0.25, 0.3) is 0 Å². The molecule has 1 aromatic heterocycles. The van der Waals surface area contributed by atoms with Crippen LogP contribution < -0.4 is 5.32 Å². The molecule has 2 aromatic rings. The second kappa shape index (κ2) is 5.25. The summed E-state index contributed by atoms with van der Waals surface area (Å²) in [6.07, 6.45) is 1.73. The van der Waals surface area contributed by atoms with Crippen molar-refractivity contribution >= 4 is 5.91 Å². The molecule has 1 aromatic carbocycles. The number of pyridine rings is 1. The van der Waals surface area contributed by atoms with Gasteiger partial charge >= 0.3 is 0 Å². The van der Waals surface area contributed by atoms with Gasteiger partial charge in [0.2, 0.25) is 5.91 Å². The van der Waals surface area contributed by atoms with Crippen LogP contribution >= 0.6 is 0 Å². The highest BCUT2D eigenvalue weighted by Crippen LogP contribution is 2.19. The average Bonchev–Trinajstić information content (AvgIpc) is 2.38. The van der Waals surface area contributed by atoms with Crippen molar-refractivity contribution in [1.82, 2.24) is 10.3 Å². The van der Waals surface area contributed by atoms with Crippen LogP contribution in [0.15, 0.2) is 54.7 Å². The molecule has 0 radical (unpaired) electrons. The van der Waals surface area contributed by atoms with E-state index in [1.54, 1.807) is 6.20 Å². The molecule has 2 rings (SSSR count). The molecule has 86 valence electrons. The molecule has 0 saturated heterocycles. The molecular formula is C14H14N2O. The summed E-state index contributed by atoms with van der Waals surface area (Å²) in [5, 5.41) is 2.91. The van der Waals surface area contributed by atoms with Crippen molar-refractivity contribution in [3.8, 4) is 0 Å². The predicted octanol–water partition coefficient (Wildman–Crippen LogP) is 2.31. The third-order valence-electron chi connectivity index (χ3n) is 2.46. The number of aromatic nitrogens is 1. The van der Waals surface area contributed by atoms with Crippen LogP contribution in [0.1, 0.15) is 24.2 Å². The molecule has 0 spiro atoms. The lowest BCUT2D eigenvalue weighted by Gasteiger charge is -2.17. The van der Waals surface area contributed by atoms with Crippen molar-refractivity contribution in [3.63, 3.8) is 0 Å². The zero-order valence-electron chi connectivity index (χ0n) is 9.63. The summed E-state index contributed by atoms with van der Waals surface area (Å²) in [6.45, 7) is 1.51. The molecule has 3 nitrogen and oxygen atoms in total. The van der Waals surface area contributed by atoms with E-state index in [1.165, 1.54) is 6.92 Å². The van der Waals surface area contributed by atoms with E-state index in [1.807, 2.05) is 48.5 Å². The van der Waals surface area contributed by atoms with Crippen LogP contribution in [-0.2, 0) is 4.79 Å². The molecule has 0 fully saturated rings. The minimum absolute atomic E-state index is 0.0653. The van der Waals surface area contributed by atoms with Crippen molar-refractivity contribution in [2.45, 2.75) is 13.0 Å². The molecule has 1 N–H and O–H groups in total. The second-order valence-corrected chi connectivity index (χ2v) is 3.80. The molecular weight excluding hydrogens is 212 g/mol. The number of amides is 1. The van der Waals surface area contributed by atoms with Gasteiger partial charge in [-0.15, -0.1) is 0 Å². The lowest BCUT2D eigenvalue weighted by molar-refractivity contribution is -0.119. The lowest BCUT2D eigenvalue weighted by atomic mass is 10.0. The maximum absolute atomic E-state index is 11.3. The molecule has 0 aliphatic carbocycles. The van der Waals surface area contributed by atoms with Gasteiger partial charge in [0, 0.05) is 13.1 Å². The Morgan fingerprint density at radius 1 is 1.12 bits per heavy atom. The first-order valence-corrected chi connectivity index (χ1v) is 5.50. The van der Waals surface area contributed by atoms with E-state index in [-0.39, 0.29) is 11.9 Å². The predicted molar refractivity (Wildman–Crippen MR) is 66.3 cm³/mol. The standard InChI is InChI=1S/C14H14N2O/c1-11(17)16-14(12-7-3-2-4-8-12)13-9-5-6-10-15-13/h2-10,14H,1H3,(H,16,17)/t14-/m0/s1. The minimum atomic E-state index is -0.185. The number of nitrogens with one attached hydrogen (secondary N) is 1. The smallest absolute Gasteiger partial charge is 0.217 e. The van der Waals surface area contributed by atoms with Gasteiger partial charge in [0.05, 0.1) is 11.7 Å². The van der Waals surface area contributed by atoms with Crippen molar-refractivity contribution in [2.24, 2.45) is 0 Å². The van der Waals surface area contributed by atoms with E-state index in [0.29, 0.717) is 0 Å². The van der Waals surface area contributed by atoms with Crippen LogP contribution in [0.2, 0.25) is 0 Å². The van der Waals surface area contributed by atoms with E-state index in [0.717, 1.165) is 11.3 Å². The molecule has 0 aliphatic rings. The van der Waals surface area contributed by atoms with Crippen molar-refractivity contribution < 1.29 is 4.79 Å². The molecule has 1 heterocycles. The molecule has 17 heavy (non-hydrogen) atoms. The molecule has 0 bridgehead atoms. The summed E-state index contributed by atoms with van der Waals surface area (Å²) in [5.41, 5.74) is 1.87. The molecule has 3 heteroatoms. The van der Waals surface area contributed by atoms with Crippen LogP contribution in [0, 0.1) is 0 Å². The summed E-state index contributed by atoms with van der Waals surface area (Å²) in [6, 6.07) is 15.3. The van der Waals surface area contributed by atoms with Gasteiger partial charge in [-0.2, -0.15) is 0 Å². The van der Waals surface area contributed by atoms with Crippen LogP contribution in [0.4, 0.5) is 0 Å². The van der Waals surface area contributed by atoms with Gasteiger partial charge in [-0.3, -0.25) is 9.78 Å². The maximum Gasteiger partial charge on any atom is 0.217 e. The van der Waals surface area contributed by atoms with Gasteiger partial charge in [-0.1, -0.05) is 36.4 Å². The summed E-state index contributed by atoms with van der Waals surface area (Å²) >= 11 is 0. The fourth-order valence-electron chi connectivity index (χ4n) is 1.72. The quantitative estimate of drug-likeness (QED) is 0.872. The van der Waals surface area contributed by atoms with Crippen molar-refractivity contribution in [2.75, 3.05) is 0 Å². The number of carbonyl (C=O) groups excluding carboxylic acids is 1. The topological polar surface area (TPSA) is 42.0 Å². The van der Waals surface area contributed by atoms with Gasteiger partial charge in [0.25, 0.3) is 0 Å². The Kier molecular flexibility index (Phi) is 3.50. The lowest BCUT2D eigenvalue weighted by Crippen LogP contribution is -2.27. The maximum atomic E-state index is 11.3. The number of benzene rings is 1. The SMILES string of the molecule is CC(=O)N[C@@H](c1ccccc1)c1ccccn1. The van der Waals surface area contributed by atoms with Gasteiger partial charge in [-0.05, 0) is 17.7 Å². The number of nitrogens with zero attached hydrogens (tertiary/aromatic N) is 1. The Bertz CT molecular complexity index is 443. The molecule has 0 unspecified atom stereocenters. The third-order valence-corrected chi connectivity index (χ3v) is 2.46. The first-order chi connectivity index (χ1) is 8.27. The fraction of sp³-hybridized carbons (Fsp3) is 0.143. The zero-order chi connectivity index (χ0) is 12.1. The summed E-state index contributed by atoms with van der Waals surface area (Å²) in [5.74, 6) is -0.0653. The van der Waals surface area contributed by atoms with Crippen LogP contribution in [0.5, 0.6) is 0 Å². The van der Waals surface area contributed by atoms with Crippen LogP contribution in [-0.4, -0.2) is 10.9 Å². The first-order valence-electron chi connectivity index (χ1n) is 5.50. The fourth-order valence-corrected chi connectivity index (χ4v) is 1.72. The average molecular weight is 226 g/mol. The molecule has 0 saturated carbocycles. The minimum Gasteiger partial charge on any atom is -0.344 e. The Balaban J connectivity index is 2.36. The van der Waals surface area contributed by atoms with Gasteiger partial charge in [-0.25, -0.2) is 0 Å². The molecule has 0 aliphatic heterocycles. The van der Waals surface area contributed by atoms with E-state index in [4.69, 9.17) is 0 Å². The van der Waals surface area contributed by atoms with Gasteiger partial charge in [0.15, 0.2) is 0 Å². The Morgan fingerprint density at radius 2 is 1.82 bits per heavy atom. The van der Waals surface area contributed by atoms with Crippen LogP contribution in [0.3, 0.4) is 0 Å². The molecule has 1 amide bonds. The van der Waals surface area contributed by atoms with Gasteiger partial charge < -0.3 is 5.32 Å². The van der Waals surface area contributed by atoms with Gasteiger partial charge in [0.1, 0.15) is 0 Å². The Morgan fingerprint density at radius 3 is 2.41 bits per heavy atom. The Hall–Kier alpha value is -2.16. The third kappa shape index (κ3) is 2.91. The highest BCUT2D eigenvalue weighted by atomic mass is 16.1. The number of hydrogen-bond donors (Lipinski definition) is 1. The highest BCUT2D eigenvalue weighted by Gasteiger charge is 2.15. The number of rotatable bonds is 3. The highest BCUT2D eigenvalue weighted by molar-refractivity contribution is 5.74. The number of carbonyl (C=O) groups is 1. The zero-order valence-corrected chi connectivity index (χ0v) is 9.63. The van der Waals surface area contributed by atoms with E-state index >= 15 is 0 Å². The monoisotopic (exact) mass is 226 g/mol. The Labute approximate surface area is 101 Å². The second-order valence-electron chi connectivity index (χ2n) is 3.80. The number of hydrogen-bond acceptors (Lipinski definition) is 2. The van der Waals surface area contributed by atoms with E-state index in [9.17, 15) is 4.79 Å². The van der Waals surface area contributed by atoms with Crippen molar-refractivity contribution in [1.29, 1.82) is 0 Å². The normalized spacial score (nSPS) is 11.8. The van der Waals surface area contributed by atoms with Crippen molar-refractivity contribution in [3.05, 3.63) is 66.0 Å².